The first kappa shape index (κ1) is 23.0. The zero-order valence-electron chi connectivity index (χ0n) is 19.7. The molecule has 0 N–H and O–H groups in total. The van der Waals surface area contributed by atoms with Crippen LogP contribution in [0.4, 0.5) is 4.39 Å². The summed E-state index contributed by atoms with van der Waals surface area (Å²) >= 11 is 0. The highest BCUT2D eigenvalue weighted by Crippen LogP contribution is 2.35. The Labute approximate surface area is 194 Å². The Morgan fingerprint density at radius 2 is 1.55 bits per heavy atom. The highest BCUT2D eigenvalue weighted by atomic mass is 19.1. The van der Waals surface area contributed by atoms with Crippen LogP contribution in [0, 0.1) is 31.5 Å². The predicted molar refractivity (Wildman–Crippen MR) is 126 cm³/mol. The number of rotatable bonds is 6. The van der Waals surface area contributed by atoms with Crippen LogP contribution in [-0.4, -0.2) is 47.9 Å². The minimum atomic E-state index is -0.378. The molecule has 2 heterocycles. The van der Waals surface area contributed by atoms with Gasteiger partial charge in [-0.25, -0.2) is 4.39 Å². The average Bonchev–Trinajstić information content (AvgIpc) is 2.98. The Bertz CT molecular complexity index is 1060. The van der Waals surface area contributed by atoms with Crippen molar-refractivity contribution in [2.75, 3.05) is 26.2 Å². The summed E-state index contributed by atoms with van der Waals surface area (Å²) in [6, 6.07) is 11.7. The fourth-order valence-corrected chi connectivity index (χ4v) is 5.05. The smallest absolute Gasteiger partial charge is 0.277 e. The van der Waals surface area contributed by atoms with Gasteiger partial charge in [0, 0.05) is 13.1 Å². The molecule has 6 heteroatoms. The number of aryl methyl sites for hydroxylation is 2. The van der Waals surface area contributed by atoms with Crippen molar-refractivity contribution in [3.63, 3.8) is 0 Å². The van der Waals surface area contributed by atoms with Gasteiger partial charge in [0.1, 0.15) is 23.9 Å². The maximum Gasteiger partial charge on any atom is 0.277 e. The molecule has 0 bridgehead atoms. The van der Waals surface area contributed by atoms with Crippen LogP contribution in [0.25, 0.3) is 5.57 Å². The number of likely N-dealkylation sites (tertiary alicyclic amines) is 1. The molecule has 2 aromatic rings. The van der Waals surface area contributed by atoms with Crippen molar-refractivity contribution in [3.05, 3.63) is 70.7 Å². The average molecular weight is 451 g/mol. The first-order valence-electron chi connectivity index (χ1n) is 11.6. The van der Waals surface area contributed by atoms with Crippen LogP contribution in [0.15, 0.2) is 48.2 Å². The molecule has 5 nitrogen and oxygen atoms in total. The summed E-state index contributed by atoms with van der Waals surface area (Å²) in [5.41, 5.74) is 3.53. The molecule has 4 rings (SSSR count). The number of ether oxygens (including phenoxy) is 1. The fraction of sp³-hybridized carbons (Fsp3) is 0.407. The Balaban J connectivity index is 1.59. The second kappa shape index (κ2) is 9.38. The molecule has 33 heavy (non-hydrogen) atoms. The largest absolute Gasteiger partial charge is 0.492 e. The summed E-state index contributed by atoms with van der Waals surface area (Å²) in [5, 5.41) is 0. The molecule has 1 fully saturated rings. The van der Waals surface area contributed by atoms with Gasteiger partial charge in [0.15, 0.2) is 0 Å². The van der Waals surface area contributed by atoms with Crippen molar-refractivity contribution in [2.45, 2.75) is 34.1 Å². The molecule has 2 unspecified atom stereocenters. The van der Waals surface area contributed by atoms with E-state index in [1.54, 1.807) is 12.1 Å². The van der Waals surface area contributed by atoms with Gasteiger partial charge >= 0.3 is 0 Å². The standard InChI is InChI=1S/C27H31FN2O3/c1-17-11-18(2)14-23(13-17)33-10-9-30-26(31)24(21-5-7-22(28)8-6-21)25(27(30)32)29-15-19(3)12-20(4)16-29/h5-8,11,13-14,19-20H,9-10,12,15-16H2,1-4H3. The van der Waals surface area contributed by atoms with Crippen molar-refractivity contribution in [3.8, 4) is 5.75 Å². The number of carbonyl (C=O) groups excluding carboxylic acids is 2. The number of nitrogens with zero attached hydrogens (tertiary/aromatic N) is 2. The molecule has 0 spiro atoms. The number of halogens is 1. The van der Waals surface area contributed by atoms with Crippen LogP contribution in [0.3, 0.4) is 0 Å². The van der Waals surface area contributed by atoms with Crippen LogP contribution in [0.5, 0.6) is 5.75 Å². The Hall–Kier alpha value is -3.15. The number of hydrogen-bond acceptors (Lipinski definition) is 4. The van der Waals surface area contributed by atoms with Crippen molar-refractivity contribution >= 4 is 17.4 Å². The molecular formula is C27H31FN2O3. The van der Waals surface area contributed by atoms with Gasteiger partial charge in [0.05, 0.1) is 12.1 Å². The summed E-state index contributed by atoms with van der Waals surface area (Å²) in [4.78, 5) is 30.3. The van der Waals surface area contributed by atoms with Crippen molar-refractivity contribution in [2.24, 2.45) is 11.8 Å². The van der Waals surface area contributed by atoms with E-state index in [-0.39, 0.29) is 30.8 Å². The van der Waals surface area contributed by atoms with Gasteiger partial charge in [-0.05, 0) is 73.1 Å². The number of hydrogen-bond donors (Lipinski definition) is 0. The lowest BCUT2D eigenvalue weighted by atomic mass is 9.91. The predicted octanol–water partition coefficient (Wildman–Crippen LogP) is 4.58. The topological polar surface area (TPSA) is 49.9 Å². The van der Waals surface area contributed by atoms with Crippen LogP contribution in [-0.2, 0) is 9.59 Å². The van der Waals surface area contributed by atoms with Crippen LogP contribution in [0.1, 0.15) is 37.0 Å². The summed E-state index contributed by atoms with van der Waals surface area (Å²) in [5.74, 6) is 0.524. The summed E-state index contributed by atoms with van der Waals surface area (Å²) in [7, 11) is 0. The van der Waals surface area contributed by atoms with E-state index in [1.165, 1.54) is 17.0 Å². The summed E-state index contributed by atoms with van der Waals surface area (Å²) in [6.45, 7) is 10.1. The minimum Gasteiger partial charge on any atom is -0.492 e. The molecule has 1 saturated heterocycles. The lowest BCUT2D eigenvalue weighted by Gasteiger charge is -2.37. The maximum absolute atomic E-state index is 13.6. The van der Waals surface area contributed by atoms with Gasteiger partial charge < -0.3 is 9.64 Å². The van der Waals surface area contributed by atoms with E-state index in [0.717, 1.165) is 36.4 Å². The van der Waals surface area contributed by atoms with E-state index in [9.17, 15) is 14.0 Å². The van der Waals surface area contributed by atoms with E-state index in [4.69, 9.17) is 4.74 Å². The monoisotopic (exact) mass is 450 g/mol. The van der Waals surface area contributed by atoms with Gasteiger partial charge in [-0.2, -0.15) is 0 Å². The third kappa shape index (κ3) is 4.95. The third-order valence-electron chi connectivity index (χ3n) is 6.24. The van der Waals surface area contributed by atoms with Crippen LogP contribution < -0.4 is 4.74 Å². The second-order valence-electron chi connectivity index (χ2n) is 9.52. The highest BCUT2D eigenvalue weighted by Gasteiger charge is 2.42. The Morgan fingerprint density at radius 1 is 0.939 bits per heavy atom. The highest BCUT2D eigenvalue weighted by molar-refractivity contribution is 6.35. The van der Waals surface area contributed by atoms with E-state index in [1.807, 2.05) is 30.9 Å². The molecule has 2 aliphatic rings. The molecule has 0 aliphatic carbocycles. The van der Waals surface area contributed by atoms with E-state index < -0.39 is 0 Å². The first-order chi connectivity index (χ1) is 15.7. The molecule has 0 saturated carbocycles. The molecule has 0 radical (unpaired) electrons. The lowest BCUT2D eigenvalue weighted by molar-refractivity contribution is -0.138. The molecule has 2 atom stereocenters. The number of carbonyl (C=O) groups is 2. The lowest BCUT2D eigenvalue weighted by Crippen LogP contribution is -2.42. The minimum absolute atomic E-state index is 0.151. The Morgan fingerprint density at radius 3 is 2.15 bits per heavy atom. The van der Waals surface area contributed by atoms with Gasteiger partial charge in [-0.1, -0.05) is 32.0 Å². The maximum atomic E-state index is 13.6. The van der Waals surface area contributed by atoms with E-state index >= 15 is 0 Å². The van der Waals surface area contributed by atoms with Gasteiger partial charge in [0.25, 0.3) is 11.8 Å². The number of imide groups is 1. The van der Waals surface area contributed by atoms with E-state index in [0.29, 0.717) is 28.7 Å². The number of piperidine rings is 1. The first-order valence-corrected chi connectivity index (χ1v) is 11.6. The zero-order valence-corrected chi connectivity index (χ0v) is 19.7. The molecule has 2 aromatic carbocycles. The molecule has 0 aromatic heterocycles. The SMILES string of the molecule is Cc1cc(C)cc(OCCN2C(=O)C(c3ccc(F)cc3)=C(N3CC(C)CC(C)C3)C2=O)c1. The normalized spacial score (nSPS) is 21.2. The molecule has 2 amide bonds. The van der Waals surface area contributed by atoms with Gasteiger partial charge in [0.2, 0.25) is 0 Å². The summed E-state index contributed by atoms with van der Waals surface area (Å²) < 4.78 is 19.4. The molecular weight excluding hydrogens is 419 g/mol. The van der Waals surface area contributed by atoms with Crippen molar-refractivity contribution in [1.29, 1.82) is 0 Å². The number of benzene rings is 2. The van der Waals surface area contributed by atoms with Crippen molar-refractivity contribution < 1.29 is 18.7 Å². The quantitative estimate of drug-likeness (QED) is 0.605. The number of amides is 2. The van der Waals surface area contributed by atoms with Crippen molar-refractivity contribution in [1.82, 2.24) is 9.80 Å². The molecule has 174 valence electrons. The summed E-state index contributed by atoms with van der Waals surface area (Å²) in [6.07, 6.45) is 1.09. The van der Waals surface area contributed by atoms with Crippen LogP contribution >= 0.6 is 0 Å². The fourth-order valence-electron chi connectivity index (χ4n) is 5.05. The van der Waals surface area contributed by atoms with E-state index in [2.05, 4.69) is 19.9 Å². The molecule has 2 aliphatic heterocycles. The zero-order chi connectivity index (χ0) is 23.7. The second-order valence-corrected chi connectivity index (χ2v) is 9.52. The van der Waals surface area contributed by atoms with Gasteiger partial charge in [-0.15, -0.1) is 0 Å². The Kier molecular flexibility index (Phi) is 6.54. The van der Waals surface area contributed by atoms with Crippen LogP contribution in [0.2, 0.25) is 0 Å². The third-order valence-corrected chi connectivity index (χ3v) is 6.24. The van der Waals surface area contributed by atoms with Gasteiger partial charge in [-0.3, -0.25) is 14.5 Å².